The number of methoxy groups -OCH3 is 6. The molecule has 4 N–H and O–H groups in total. The molecule has 0 radical (unpaired) electrons. The summed E-state index contributed by atoms with van der Waals surface area (Å²) in [6, 6.07) is 40.4. The van der Waals surface area contributed by atoms with Crippen LogP contribution < -0.4 is 80.4 Å². The number of hydrogen-bond acceptors (Lipinski definition) is 23. The van der Waals surface area contributed by atoms with Gasteiger partial charge in [-0.05, 0) is 156 Å². The number of nitrogens with zero attached hydrogens (tertiary/aromatic N) is 6. The molecule has 3 aromatic heterocycles. The van der Waals surface area contributed by atoms with Crippen LogP contribution in [0.2, 0.25) is 0 Å². The van der Waals surface area contributed by atoms with Crippen LogP contribution in [-0.4, -0.2) is 206 Å². The molecule has 36 heteroatoms. The van der Waals surface area contributed by atoms with Crippen molar-refractivity contribution in [3.63, 3.8) is 0 Å². The van der Waals surface area contributed by atoms with E-state index in [1.54, 1.807) is 75.7 Å². The zero-order valence-electron chi connectivity index (χ0n) is 82.0. The van der Waals surface area contributed by atoms with Crippen molar-refractivity contribution >= 4 is 85.0 Å². The smallest absolute Gasteiger partial charge is 0.870 e. The van der Waals surface area contributed by atoms with Gasteiger partial charge in [-0.1, -0.05) is 131 Å². The van der Waals surface area contributed by atoms with E-state index in [-0.39, 0.29) is 101 Å². The molecule has 145 heavy (non-hydrogen) atoms. The van der Waals surface area contributed by atoms with Gasteiger partial charge in [-0.2, -0.15) is 0 Å². The molecule has 3 amide bonds. The van der Waals surface area contributed by atoms with Gasteiger partial charge in [0.25, 0.3) is 34.4 Å². The molecule has 0 unspecified atom stereocenters. The van der Waals surface area contributed by atoms with Crippen molar-refractivity contribution in [1.29, 1.82) is 0 Å². The Morgan fingerprint density at radius 3 is 0.800 bits per heavy atom. The molecule has 4 fully saturated rings. The second kappa shape index (κ2) is 52.1. The maximum atomic E-state index is 15.3. The quantitative estimate of drug-likeness (QED) is 0.0219. The number of aromatic nitrogens is 3. The number of esters is 3. The van der Waals surface area contributed by atoms with Gasteiger partial charge in [0.05, 0.1) is 99.0 Å². The number of pyridine rings is 3. The van der Waals surface area contributed by atoms with E-state index in [4.69, 9.17) is 47.4 Å². The molecular weight excluding hydrogens is 1880 g/mol. The van der Waals surface area contributed by atoms with Gasteiger partial charge in [-0.25, -0.2) is 40.7 Å². The first-order valence-electron chi connectivity index (χ1n) is 45.7. The third-order valence-electron chi connectivity index (χ3n) is 25.7. The van der Waals surface area contributed by atoms with E-state index >= 15 is 26.3 Å². The molecule has 9 aromatic carbocycles. The summed E-state index contributed by atoms with van der Waals surface area (Å²) in [5.41, 5.74) is 4.97. The summed E-state index contributed by atoms with van der Waals surface area (Å²) >= 11 is 0. The molecule has 4 aliphatic rings. The average Bonchev–Trinajstić information content (AvgIpc) is 1.66. The molecule has 6 atom stereocenters. The fourth-order valence-electron chi connectivity index (χ4n) is 17.9. The van der Waals surface area contributed by atoms with Crippen LogP contribution in [0.5, 0.6) is 17.2 Å². The van der Waals surface area contributed by atoms with Gasteiger partial charge < -0.3 is 97.2 Å². The van der Waals surface area contributed by atoms with E-state index in [0.717, 1.165) is 66.7 Å². The number of benzene rings is 9. The monoisotopic (exact) mass is 2000 g/mol. The molecule has 4 saturated heterocycles. The molecule has 0 spiro atoms. The number of fused-ring (bicyclic) bond motifs is 3. The Labute approximate surface area is 850 Å². The standard InChI is InChI=1S/3C34H35F2N3O6.C4H8O.3CH4.Li.H2O/c3*1-19-14-29(43-4)30(33(41)38(19)3)25-11-10-21(23-8-6-7-9-24(23)25)15-28(34(42)44-5)37-32(40)31-26(35)16-22(17-27(31)36)39-12-13-45-18-20(39)2;1-2-4-5-3-1;;;;;/h3*6-11,14,16-17,20,28H,12-13,15,18H2,1-5H3,(H,37,40);1-4H2;3*1H4;;1H2/q;;;;;;;+1;/p-1/t3*20-,28-;;;;;;/m000....../s1. The maximum absolute atomic E-state index is 15.3. The summed E-state index contributed by atoms with van der Waals surface area (Å²) in [6.07, 6.45) is 2.42. The number of hydrogen-bond donors (Lipinski definition) is 3. The van der Waals surface area contributed by atoms with Gasteiger partial charge >= 0.3 is 36.8 Å². The van der Waals surface area contributed by atoms with Crippen molar-refractivity contribution in [2.24, 2.45) is 21.1 Å². The van der Waals surface area contributed by atoms with E-state index < -0.39 is 105 Å². The van der Waals surface area contributed by atoms with Gasteiger partial charge in [0.1, 0.15) is 87.0 Å². The molecule has 0 saturated carbocycles. The largest absolute Gasteiger partial charge is 1.00 e. The fraction of sp³-hybridized carbons (Fsp3) is 0.367. The summed E-state index contributed by atoms with van der Waals surface area (Å²) in [4.78, 5) is 124. The summed E-state index contributed by atoms with van der Waals surface area (Å²) in [6.45, 7) is 16.9. The predicted octanol–water partition coefficient (Wildman–Crippen LogP) is 13.2. The molecule has 7 heterocycles. The Hall–Kier alpha value is -13.8. The molecular formula is C109H126F6LiN9O20. The normalized spacial score (nSPS) is 15.3. The number of halogens is 6. The van der Waals surface area contributed by atoms with Crippen LogP contribution in [0.1, 0.15) is 121 Å². The van der Waals surface area contributed by atoms with Crippen LogP contribution in [0.3, 0.4) is 0 Å². The van der Waals surface area contributed by atoms with Crippen LogP contribution in [-0.2, 0) is 87.9 Å². The van der Waals surface area contributed by atoms with Crippen molar-refractivity contribution in [2.45, 2.75) is 132 Å². The predicted molar refractivity (Wildman–Crippen MR) is 543 cm³/mol. The van der Waals surface area contributed by atoms with Crippen molar-refractivity contribution in [2.75, 3.05) is 130 Å². The third kappa shape index (κ3) is 25.8. The van der Waals surface area contributed by atoms with Crippen LogP contribution in [0.4, 0.5) is 43.4 Å². The Morgan fingerprint density at radius 1 is 0.359 bits per heavy atom. The summed E-state index contributed by atoms with van der Waals surface area (Å²) < 4.78 is 149. The topological polar surface area (TPSA) is 337 Å². The zero-order valence-corrected chi connectivity index (χ0v) is 82.0. The third-order valence-corrected chi connectivity index (χ3v) is 25.7. The van der Waals surface area contributed by atoms with E-state index in [1.165, 1.54) is 69.2 Å². The molecule has 0 bridgehead atoms. The minimum absolute atomic E-state index is 0. The van der Waals surface area contributed by atoms with Gasteiger partial charge in [0, 0.05) is 144 Å². The van der Waals surface area contributed by atoms with E-state index in [9.17, 15) is 43.2 Å². The summed E-state index contributed by atoms with van der Waals surface area (Å²) in [5, 5.41) is 11.7. The Morgan fingerprint density at radius 2 is 0.593 bits per heavy atom. The maximum Gasteiger partial charge on any atom is 1.00 e. The minimum Gasteiger partial charge on any atom is -0.870 e. The number of carbonyl (C=O) groups is 6. The van der Waals surface area contributed by atoms with Crippen molar-refractivity contribution in [3.8, 4) is 50.6 Å². The van der Waals surface area contributed by atoms with Gasteiger partial charge in [0.2, 0.25) is 0 Å². The van der Waals surface area contributed by atoms with Crippen LogP contribution in [0.15, 0.2) is 178 Å². The number of rotatable bonds is 24. The van der Waals surface area contributed by atoms with Crippen LogP contribution in [0.25, 0.3) is 65.7 Å². The first-order chi connectivity index (χ1) is 67.1. The van der Waals surface area contributed by atoms with Gasteiger partial charge in [-0.15, -0.1) is 0 Å². The molecule has 770 valence electrons. The second-order valence-corrected chi connectivity index (χ2v) is 34.5. The van der Waals surface area contributed by atoms with Gasteiger partial charge in [0.15, 0.2) is 0 Å². The molecule has 4 aliphatic heterocycles. The zero-order chi connectivity index (χ0) is 101. The van der Waals surface area contributed by atoms with Crippen molar-refractivity contribution in [3.05, 3.63) is 280 Å². The number of ether oxygens (including phenoxy) is 10. The SMILES string of the molecule is C.C.C.C1CCOC1.COC(=O)[C@H](Cc1ccc(-c2c(OC)cc(C)n(C)c2=O)c2ccccc12)NC(=O)c1c(F)cc(N2CCOC[C@@H]2C)cc1F.COC(=O)[C@H](Cc1ccc(-c2c(OC)cc(C)n(C)c2=O)c2ccccc12)NC(=O)c1c(F)cc(N2CCOC[C@@H]2C)cc1F.COC(=O)[C@H](Cc1ccc(-c2c(OC)cc(C)n(C)c2=O)c2ccccc12)NC(=O)c1c(F)cc(N2CCOC[C@@H]2C)cc1F.[Li+].[OH-]. The first-order valence-corrected chi connectivity index (χ1v) is 45.7. The Balaban J connectivity index is 0.000000254. The first kappa shape index (κ1) is 116. The average molecular weight is 2000 g/mol. The van der Waals surface area contributed by atoms with E-state index in [1.807, 2.05) is 129 Å². The van der Waals surface area contributed by atoms with Crippen LogP contribution >= 0.6 is 0 Å². The number of anilines is 3. The number of carbonyl (C=O) groups excluding carboxylic acids is 6. The molecule has 29 nitrogen and oxygen atoms in total. The van der Waals surface area contributed by atoms with Crippen molar-refractivity contribution < 1.29 is 127 Å². The van der Waals surface area contributed by atoms with Crippen LogP contribution in [0, 0.1) is 55.7 Å². The molecule has 12 aromatic rings. The van der Waals surface area contributed by atoms with Crippen molar-refractivity contribution in [1.82, 2.24) is 29.7 Å². The number of nitrogens with one attached hydrogen (secondary N) is 3. The number of aryl methyl sites for hydroxylation is 3. The Bertz CT molecular complexity index is 6190. The number of morpholine rings is 3. The second-order valence-electron chi connectivity index (χ2n) is 34.5. The van der Waals surface area contributed by atoms with E-state index in [0.29, 0.717) is 176 Å². The Kier molecular flexibility index (Phi) is 41.9. The van der Waals surface area contributed by atoms with Gasteiger partial charge in [-0.3, -0.25) is 28.8 Å². The minimum atomic E-state index is -1.27. The number of amides is 3. The molecule has 16 rings (SSSR count). The summed E-state index contributed by atoms with van der Waals surface area (Å²) in [5.74, 6) is -10.6. The summed E-state index contributed by atoms with van der Waals surface area (Å²) in [7, 11) is 13.1. The fourth-order valence-corrected chi connectivity index (χ4v) is 17.9. The molecule has 0 aliphatic carbocycles. The van der Waals surface area contributed by atoms with E-state index in [2.05, 4.69) is 16.0 Å².